The number of carbonyl (C=O) groups is 1. The van der Waals surface area contributed by atoms with Gasteiger partial charge in [-0.1, -0.05) is 5.16 Å². The van der Waals surface area contributed by atoms with Gasteiger partial charge in [-0.2, -0.15) is 0 Å². The number of hydrogen-bond acceptors (Lipinski definition) is 6. The molecule has 4 heterocycles. The lowest BCUT2D eigenvalue weighted by molar-refractivity contribution is 0.0971. The van der Waals surface area contributed by atoms with Gasteiger partial charge in [0.1, 0.15) is 5.76 Å². The zero-order valence-corrected chi connectivity index (χ0v) is 18.6. The van der Waals surface area contributed by atoms with Gasteiger partial charge in [0.15, 0.2) is 27.5 Å². The highest BCUT2D eigenvalue weighted by molar-refractivity contribution is 9.10. The zero-order valence-electron chi connectivity index (χ0n) is 17.1. The number of halogens is 1. The smallest absolute Gasteiger partial charge is 0.332 e. The lowest BCUT2D eigenvalue weighted by atomic mass is 10.1. The van der Waals surface area contributed by atoms with Crippen molar-refractivity contribution in [3.05, 3.63) is 60.4 Å². The van der Waals surface area contributed by atoms with E-state index in [0.29, 0.717) is 21.9 Å². The molecule has 4 aromatic rings. The van der Waals surface area contributed by atoms with Gasteiger partial charge in [0.25, 0.3) is 5.56 Å². The van der Waals surface area contributed by atoms with Gasteiger partial charge in [0.05, 0.1) is 6.54 Å². The van der Waals surface area contributed by atoms with E-state index in [2.05, 4.69) is 26.1 Å². The molecule has 0 spiro atoms. The monoisotopic (exact) mass is 474 g/mol. The molecule has 0 saturated carbocycles. The molecule has 0 atom stereocenters. The van der Waals surface area contributed by atoms with Crippen LogP contribution in [0.5, 0.6) is 0 Å². The average Bonchev–Trinajstić information content (AvgIpc) is 3.34. The highest BCUT2D eigenvalue weighted by Gasteiger charge is 2.23. The minimum atomic E-state index is -0.514. The van der Waals surface area contributed by atoms with E-state index in [1.54, 1.807) is 19.1 Å². The van der Waals surface area contributed by atoms with E-state index in [0.717, 1.165) is 16.0 Å². The van der Waals surface area contributed by atoms with Crippen molar-refractivity contribution >= 4 is 32.9 Å². The first-order chi connectivity index (χ1) is 14.1. The van der Waals surface area contributed by atoms with Crippen LogP contribution in [0.15, 0.2) is 31.0 Å². The summed E-state index contributed by atoms with van der Waals surface area (Å²) < 4.78 is 11.1. The second-order valence-corrected chi connectivity index (χ2v) is 7.89. The van der Waals surface area contributed by atoms with Crippen LogP contribution < -0.4 is 11.2 Å². The lowest BCUT2D eigenvalue weighted by Crippen LogP contribution is -2.37. The summed E-state index contributed by atoms with van der Waals surface area (Å²) in [6.45, 7) is 5.41. The molecular weight excluding hydrogens is 456 g/mol. The number of ketones is 1. The lowest BCUT2D eigenvalue weighted by Gasteiger charge is -2.09. The second-order valence-electron chi connectivity index (χ2n) is 7.18. The van der Waals surface area contributed by atoms with Crippen molar-refractivity contribution in [2.75, 3.05) is 0 Å². The summed E-state index contributed by atoms with van der Waals surface area (Å²) in [7, 11) is 2.93. The number of nitrogens with zero attached hydrogens (tertiary/aromatic N) is 6. The first kappa shape index (κ1) is 20.1. The summed E-state index contributed by atoms with van der Waals surface area (Å²) in [5.41, 5.74) is 1.45. The Morgan fingerprint density at radius 2 is 1.83 bits per heavy atom. The summed E-state index contributed by atoms with van der Waals surface area (Å²) in [4.78, 5) is 42.2. The molecule has 0 aliphatic heterocycles. The van der Waals surface area contributed by atoms with Crippen molar-refractivity contribution in [3.8, 4) is 5.82 Å². The van der Waals surface area contributed by atoms with Gasteiger partial charge < -0.3 is 4.52 Å². The van der Waals surface area contributed by atoms with Crippen molar-refractivity contribution in [2.24, 2.45) is 14.1 Å². The van der Waals surface area contributed by atoms with Gasteiger partial charge in [-0.3, -0.25) is 27.9 Å². The molecular formula is C19H19BrN6O4. The number of aryl methyl sites for hydroxylation is 3. The van der Waals surface area contributed by atoms with Crippen molar-refractivity contribution in [1.82, 2.24) is 28.4 Å². The molecule has 0 amide bonds. The SMILES string of the molecule is Cc1cc(-n2c(C)cc(C(=O)Cn3c(Br)nc4c(=O)n(C)c(=O)n(C)c43)c2C)no1. The van der Waals surface area contributed by atoms with E-state index in [-0.39, 0.29) is 23.5 Å². The molecule has 11 heteroatoms. The van der Waals surface area contributed by atoms with Crippen LogP contribution >= 0.6 is 15.9 Å². The normalized spacial score (nSPS) is 11.5. The second kappa shape index (κ2) is 6.94. The number of aromatic nitrogens is 6. The third-order valence-corrected chi connectivity index (χ3v) is 5.78. The topological polar surface area (TPSA) is 110 Å². The van der Waals surface area contributed by atoms with E-state index < -0.39 is 11.2 Å². The fraction of sp³-hybridized carbons (Fsp3) is 0.316. The molecule has 0 fully saturated rings. The van der Waals surface area contributed by atoms with Crippen molar-refractivity contribution < 1.29 is 9.32 Å². The largest absolute Gasteiger partial charge is 0.360 e. The van der Waals surface area contributed by atoms with E-state index in [4.69, 9.17) is 4.52 Å². The molecule has 4 aromatic heterocycles. The predicted octanol–water partition coefficient (Wildman–Crippen LogP) is 1.78. The molecule has 0 N–H and O–H groups in total. The first-order valence-electron chi connectivity index (χ1n) is 9.09. The van der Waals surface area contributed by atoms with Crippen LogP contribution in [0.4, 0.5) is 0 Å². The third kappa shape index (κ3) is 2.88. The van der Waals surface area contributed by atoms with E-state index in [1.807, 2.05) is 18.4 Å². The molecule has 0 radical (unpaired) electrons. The maximum atomic E-state index is 13.2. The van der Waals surface area contributed by atoms with Gasteiger partial charge in [0.2, 0.25) is 0 Å². The summed E-state index contributed by atoms with van der Waals surface area (Å²) in [5.74, 6) is 1.08. The number of hydrogen-bond donors (Lipinski definition) is 0. The van der Waals surface area contributed by atoms with Crippen molar-refractivity contribution in [2.45, 2.75) is 27.3 Å². The minimum Gasteiger partial charge on any atom is -0.360 e. The first-order valence-corrected chi connectivity index (χ1v) is 9.88. The van der Waals surface area contributed by atoms with Gasteiger partial charge in [-0.05, 0) is 42.8 Å². The molecule has 30 heavy (non-hydrogen) atoms. The molecule has 0 aromatic carbocycles. The van der Waals surface area contributed by atoms with Crippen LogP contribution in [0, 0.1) is 20.8 Å². The Balaban J connectivity index is 1.81. The van der Waals surface area contributed by atoms with Gasteiger partial charge in [-0.15, -0.1) is 0 Å². The Kier molecular flexibility index (Phi) is 4.64. The van der Waals surface area contributed by atoms with Crippen LogP contribution in [-0.4, -0.2) is 34.2 Å². The predicted molar refractivity (Wildman–Crippen MR) is 112 cm³/mol. The maximum absolute atomic E-state index is 13.2. The van der Waals surface area contributed by atoms with Gasteiger partial charge in [0, 0.05) is 37.1 Å². The Morgan fingerprint density at radius 1 is 1.13 bits per heavy atom. The standard InChI is InChI=1S/C19H19BrN6O4/c1-9-6-12(11(3)26(9)14-7-10(2)30-22-14)13(27)8-25-16-15(21-18(25)20)17(28)24(5)19(29)23(16)4/h6-7H,8H2,1-5H3. The minimum absolute atomic E-state index is 0.0976. The number of fused-ring (bicyclic) bond motifs is 1. The Bertz CT molecular complexity index is 1450. The zero-order chi connectivity index (χ0) is 21.9. The summed E-state index contributed by atoms with van der Waals surface area (Å²) in [5, 5.41) is 4.03. The Hall–Kier alpha value is -3.21. The van der Waals surface area contributed by atoms with Crippen LogP contribution in [0.1, 0.15) is 27.5 Å². The molecule has 156 valence electrons. The maximum Gasteiger partial charge on any atom is 0.332 e. The molecule has 0 aliphatic rings. The highest BCUT2D eigenvalue weighted by Crippen LogP contribution is 2.23. The van der Waals surface area contributed by atoms with Crippen LogP contribution in [0.3, 0.4) is 0 Å². The van der Waals surface area contributed by atoms with Crippen molar-refractivity contribution in [3.63, 3.8) is 0 Å². The summed E-state index contributed by atoms with van der Waals surface area (Å²) in [6.07, 6.45) is 0. The highest BCUT2D eigenvalue weighted by atomic mass is 79.9. The average molecular weight is 475 g/mol. The number of carbonyl (C=O) groups excluding carboxylic acids is 1. The molecule has 0 saturated heterocycles. The third-order valence-electron chi connectivity index (χ3n) is 5.17. The quantitative estimate of drug-likeness (QED) is 0.329. The number of rotatable bonds is 4. The molecule has 10 nitrogen and oxygen atoms in total. The molecule has 0 bridgehead atoms. The van der Waals surface area contributed by atoms with Crippen LogP contribution in [-0.2, 0) is 20.6 Å². The Labute approximate surface area is 178 Å². The Morgan fingerprint density at radius 3 is 2.47 bits per heavy atom. The summed E-state index contributed by atoms with van der Waals surface area (Å²) in [6, 6.07) is 3.58. The fourth-order valence-electron chi connectivity index (χ4n) is 3.69. The fourth-order valence-corrected chi connectivity index (χ4v) is 4.16. The van der Waals surface area contributed by atoms with Crippen molar-refractivity contribution in [1.29, 1.82) is 0 Å². The van der Waals surface area contributed by atoms with E-state index in [1.165, 1.54) is 23.2 Å². The van der Waals surface area contributed by atoms with Crippen LogP contribution in [0.2, 0.25) is 0 Å². The number of imidazole rings is 1. The van der Waals surface area contributed by atoms with E-state index in [9.17, 15) is 14.4 Å². The summed E-state index contributed by atoms with van der Waals surface area (Å²) >= 11 is 3.31. The molecule has 0 aliphatic carbocycles. The van der Waals surface area contributed by atoms with Gasteiger partial charge in [-0.25, -0.2) is 9.78 Å². The van der Waals surface area contributed by atoms with Crippen LogP contribution in [0.25, 0.3) is 17.0 Å². The molecule has 0 unspecified atom stereocenters. The van der Waals surface area contributed by atoms with Gasteiger partial charge >= 0.3 is 5.69 Å². The number of Topliss-reactive ketones (excluding diaryl/α,β-unsaturated/α-hetero) is 1. The van der Waals surface area contributed by atoms with E-state index >= 15 is 0 Å². The molecule has 4 rings (SSSR count).